The first-order valence-electron chi connectivity index (χ1n) is 20.0. The number of rotatable bonds is 15. The molecule has 57 heavy (non-hydrogen) atoms. The van der Waals surface area contributed by atoms with E-state index in [2.05, 4.69) is 62.1 Å². The smallest absolute Gasteiger partial charge is 0.262 e. The Labute approximate surface area is 330 Å². The molecule has 1 unspecified atom stereocenters. The number of carbonyl (C=O) groups excluding carboxylic acids is 4. The van der Waals surface area contributed by atoms with Gasteiger partial charge >= 0.3 is 0 Å². The number of likely N-dealkylation sites (tertiary alicyclic amines) is 1. The number of fused-ring (bicyclic) bond motifs is 4. The molecule has 2 saturated heterocycles. The van der Waals surface area contributed by atoms with Gasteiger partial charge in [-0.15, -0.1) is 0 Å². The summed E-state index contributed by atoms with van der Waals surface area (Å²) >= 11 is 0. The third-order valence-corrected chi connectivity index (χ3v) is 12.0. The fraction of sp³-hybridized carbons (Fsp3) is 0.409. The number of nitrogens with one attached hydrogen (secondary N) is 1. The third-order valence-electron chi connectivity index (χ3n) is 12.0. The van der Waals surface area contributed by atoms with Gasteiger partial charge in [-0.05, 0) is 93.5 Å². The van der Waals surface area contributed by atoms with E-state index in [1.54, 1.807) is 18.2 Å². The van der Waals surface area contributed by atoms with Crippen LogP contribution in [0.25, 0.3) is 32.9 Å². The summed E-state index contributed by atoms with van der Waals surface area (Å²) < 4.78 is 20.2. The number of piperidine rings is 1. The molecule has 4 amide bonds. The van der Waals surface area contributed by atoms with E-state index < -0.39 is 29.7 Å². The fourth-order valence-corrected chi connectivity index (χ4v) is 9.01. The predicted octanol–water partition coefficient (Wildman–Crippen LogP) is 5.69. The molecular weight excluding hydrogens is 725 g/mol. The molecule has 1 atom stereocenters. The zero-order chi connectivity index (χ0) is 39.1. The number of unbranched alkanes of at least 4 members (excludes halogenated alkanes) is 2. The zero-order valence-electron chi connectivity index (χ0n) is 32.1. The lowest BCUT2D eigenvalue weighted by molar-refractivity contribution is -0.136. The number of imide groups is 2. The van der Waals surface area contributed by atoms with E-state index in [9.17, 15) is 19.2 Å². The van der Waals surface area contributed by atoms with Crippen LogP contribution in [0.15, 0.2) is 73.2 Å². The van der Waals surface area contributed by atoms with Crippen molar-refractivity contribution in [3.05, 3.63) is 84.3 Å². The van der Waals surface area contributed by atoms with Crippen LogP contribution in [-0.2, 0) is 21.4 Å². The third kappa shape index (κ3) is 7.25. The summed E-state index contributed by atoms with van der Waals surface area (Å²) in [5.41, 5.74) is 5.40. The molecule has 9 rings (SSSR count). The van der Waals surface area contributed by atoms with Gasteiger partial charge in [0.15, 0.2) is 0 Å². The van der Waals surface area contributed by atoms with Crippen LogP contribution in [0.1, 0.15) is 72.1 Å². The lowest BCUT2D eigenvalue weighted by atomic mass is 9.61. The number of benzene rings is 2. The summed E-state index contributed by atoms with van der Waals surface area (Å²) in [5.74, 6) is -0.909. The van der Waals surface area contributed by atoms with Crippen molar-refractivity contribution in [1.82, 2.24) is 29.7 Å². The molecule has 4 aliphatic rings. The molecular formula is C44H46N6O7. The van der Waals surface area contributed by atoms with Crippen molar-refractivity contribution >= 4 is 45.4 Å². The molecule has 6 heterocycles. The zero-order valence-corrected chi connectivity index (χ0v) is 32.1. The van der Waals surface area contributed by atoms with Crippen LogP contribution in [0, 0.1) is 5.41 Å². The number of nitrogens with zero attached hydrogens (tertiary/aromatic N) is 5. The number of pyridine rings is 2. The van der Waals surface area contributed by atoms with Gasteiger partial charge in [0.05, 0.1) is 23.3 Å². The minimum absolute atomic E-state index is 0.0844. The largest absolute Gasteiger partial charge is 0.494 e. The van der Waals surface area contributed by atoms with Gasteiger partial charge in [0.2, 0.25) is 17.7 Å². The van der Waals surface area contributed by atoms with E-state index in [0.717, 1.165) is 86.2 Å². The van der Waals surface area contributed by atoms with Gasteiger partial charge in [-0.2, -0.15) is 0 Å². The van der Waals surface area contributed by atoms with Crippen LogP contribution >= 0.6 is 0 Å². The Kier molecular flexibility index (Phi) is 9.95. The molecule has 2 aromatic carbocycles. The molecule has 13 heteroatoms. The number of amides is 4. The van der Waals surface area contributed by atoms with Gasteiger partial charge in [-0.1, -0.05) is 12.1 Å². The highest BCUT2D eigenvalue weighted by atomic mass is 16.5. The second kappa shape index (κ2) is 15.4. The highest BCUT2D eigenvalue weighted by Gasteiger charge is 2.53. The second-order valence-electron chi connectivity index (χ2n) is 16.0. The number of aryl methyl sites for hydroxylation is 1. The Hall–Kier alpha value is -5.66. The fourth-order valence-electron chi connectivity index (χ4n) is 9.01. The maximum absolute atomic E-state index is 13.0. The summed E-state index contributed by atoms with van der Waals surface area (Å²) in [6, 6.07) is 16.5. The summed E-state index contributed by atoms with van der Waals surface area (Å²) in [6.45, 7) is 5.22. The highest BCUT2D eigenvalue weighted by molar-refractivity contribution is 6.23. The summed E-state index contributed by atoms with van der Waals surface area (Å²) in [6.07, 6.45) is 12.1. The van der Waals surface area contributed by atoms with Crippen LogP contribution in [-0.4, -0.2) is 99.6 Å². The Balaban J connectivity index is 0.621. The van der Waals surface area contributed by atoms with Crippen LogP contribution in [0.3, 0.4) is 0 Å². The Morgan fingerprint density at radius 3 is 2.40 bits per heavy atom. The number of hydrogen-bond donors (Lipinski definition) is 1. The van der Waals surface area contributed by atoms with E-state index >= 15 is 0 Å². The van der Waals surface area contributed by atoms with Crippen molar-refractivity contribution in [2.75, 3.05) is 39.5 Å². The van der Waals surface area contributed by atoms with Crippen molar-refractivity contribution in [2.45, 2.75) is 63.5 Å². The average Bonchev–Trinajstić information content (AvgIpc) is 3.61. The van der Waals surface area contributed by atoms with Crippen LogP contribution in [0.4, 0.5) is 0 Å². The predicted molar refractivity (Wildman–Crippen MR) is 212 cm³/mol. The Morgan fingerprint density at radius 2 is 1.60 bits per heavy atom. The van der Waals surface area contributed by atoms with E-state index in [1.807, 2.05) is 24.7 Å². The normalized spacial score (nSPS) is 19.2. The molecule has 3 fully saturated rings. The number of aromatic nitrogens is 3. The summed E-state index contributed by atoms with van der Waals surface area (Å²) in [5, 5.41) is 4.58. The minimum Gasteiger partial charge on any atom is -0.494 e. The van der Waals surface area contributed by atoms with Gasteiger partial charge in [0.1, 0.15) is 17.9 Å². The summed E-state index contributed by atoms with van der Waals surface area (Å²) in [4.78, 5) is 62.2. The molecule has 13 nitrogen and oxygen atoms in total. The number of carbonyl (C=O) groups is 4. The first-order valence-corrected chi connectivity index (χ1v) is 20.0. The minimum atomic E-state index is -0.984. The lowest BCUT2D eigenvalue weighted by Gasteiger charge is -2.58. The summed E-state index contributed by atoms with van der Waals surface area (Å²) in [7, 11) is 2.09. The molecule has 3 aliphatic heterocycles. The molecule has 0 radical (unpaired) electrons. The van der Waals surface area contributed by atoms with Crippen molar-refractivity contribution in [3.8, 4) is 22.8 Å². The standard InChI is InChI=1S/C44H46N6O7/c1-48-36-14-15-45-25-35(36)32-9-6-28(20-38(32)48)29-7-13-40(46-24-29)57-31-22-44(23-31)26-49(27-44)16-2-3-17-55-18-4-5-19-56-30-8-10-33-34(21-30)43(54)50(42(33)53)37-11-12-39(51)47-41(37)52/h6-10,13-15,20-21,24-25,31,37H,2-5,11-12,16-19,22-23,26-27H2,1H3,(H,47,51,52). The van der Waals surface area contributed by atoms with Gasteiger partial charge in [-0.25, -0.2) is 4.98 Å². The quantitative estimate of drug-likeness (QED) is 0.104. The van der Waals surface area contributed by atoms with Crippen LogP contribution < -0.4 is 14.8 Å². The monoisotopic (exact) mass is 770 g/mol. The van der Waals surface area contributed by atoms with Gasteiger partial charge in [0, 0.05) is 91.7 Å². The highest BCUT2D eigenvalue weighted by Crippen LogP contribution is 2.49. The van der Waals surface area contributed by atoms with E-state index in [0.29, 0.717) is 30.3 Å². The molecule has 5 aromatic rings. The molecule has 1 saturated carbocycles. The van der Waals surface area contributed by atoms with Gasteiger partial charge < -0.3 is 23.7 Å². The maximum Gasteiger partial charge on any atom is 0.262 e. The Bertz CT molecular complexity index is 2360. The SMILES string of the molecule is Cn1c2ccncc2c2ccc(-c3ccc(OC4CC5(C4)CN(CCCCOCCCCOc4ccc6c(c4)C(=O)N(C4CCC(=O)NC4=O)C6=O)C5)nc3)cc21. The van der Waals surface area contributed by atoms with Crippen LogP contribution in [0.2, 0.25) is 0 Å². The topological polar surface area (TPSA) is 145 Å². The van der Waals surface area contributed by atoms with Crippen molar-refractivity contribution in [1.29, 1.82) is 0 Å². The number of ether oxygens (including phenoxy) is 3. The van der Waals surface area contributed by atoms with E-state index in [4.69, 9.17) is 14.2 Å². The van der Waals surface area contributed by atoms with Crippen LogP contribution in [0.5, 0.6) is 11.6 Å². The van der Waals surface area contributed by atoms with Crippen molar-refractivity contribution < 1.29 is 33.4 Å². The lowest BCUT2D eigenvalue weighted by Crippen LogP contribution is -2.64. The first-order chi connectivity index (χ1) is 27.7. The maximum atomic E-state index is 13.0. The van der Waals surface area contributed by atoms with Crippen molar-refractivity contribution in [3.63, 3.8) is 0 Å². The van der Waals surface area contributed by atoms with Gasteiger partial charge in [-0.3, -0.25) is 34.4 Å². The number of hydrogen-bond acceptors (Lipinski definition) is 10. The second-order valence-corrected chi connectivity index (χ2v) is 16.0. The average molecular weight is 771 g/mol. The Morgan fingerprint density at radius 1 is 0.807 bits per heavy atom. The van der Waals surface area contributed by atoms with Gasteiger partial charge in [0.25, 0.3) is 11.8 Å². The van der Waals surface area contributed by atoms with E-state index in [-0.39, 0.29) is 30.1 Å². The molecule has 3 aromatic heterocycles. The van der Waals surface area contributed by atoms with Crippen molar-refractivity contribution in [2.24, 2.45) is 12.5 Å². The molecule has 1 aliphatic carbocycles. The molecule has 1 N–H and O–H groups in total. The van der Waals surface area contributed by atoms with E-state index in [1.165, 1.54) is 16.4 Å². The molecule has 294 valence electrons. The molecule has 0 bridgehead atoms. The molecule has 1 spiro atoms. The first kappa shape index (κ1) is 36.9.